The molecule has 1 saturated heterocycles. The molecule has 1 fully saturated rings. The molecule has 0 unspecified atom stereocenters. The van der Waals surface area contributed by atoms with E-state index in [0.717, 1.165) is 5.56 Å². The third-order valence-electron chi connectivity index (χ3n) is 5.99. The van der Waals surface area contributed by atoms with Crippen LogP contribution in [-0.4, -0.2) is 44.8 Å². The van der Waals surface area contributed by atoms with Crippen LogP contribution in [0.15, 0.2) is 47.4 Å². The van der Waals surface area contributed by atoms with Gasteiger partial charge in [0.25, 0.3) is 15.9 Å². The topological polar surface area (TPSA) is 101 Å². The number of nitrogens with two attached hydrogens (primary N) is 1. The summed E-state index contributed by atoms with van der Waals surface area (Å²) in [5.41, 5.74) is 7.34. The number of anilines is 1. The lowest BCUT2D eigenvalue weighted by molar-refractivity contribution is -0.123. The molecule has 0 radical (unpaired) electrons. The summed E-state index contributed by atoms with van der Waals surface area (Å²) in [6.45, 7) is 1.35. The van der Waals surface area contributed by atoms with E-state index in [0.29, 0.717) is 61.6 Å². The largest absolute Gasteiger partial charge is 0.369 e. The number of fused-ring (bicyclic) bond motifs is 1. The Morgan fingerprint density at radius 1 is 1.00 bits per heavy atom. The molecule has 0 aromatic heterocycles. The highest BCUT2D eigenvalue weighted by Gasteiger charge is 2.31. The lowest BCUT2D eigenvalue weighted by Crippen LogP contribution is -2.41. The number of carbonyl (C=O) groups is 2. The summed E-state index contributed by atoms with van der Waals surface area (Å²) in [5, 5.41) is 0.473. The van der Waals surface area contributed by atoms with E-state index < -0.39 is 10.0 Å². The van der Waals surface area contributed by atoms with Crippen molar-refractivity contribution in [2.75, 3.05) is 23.9 Å². The molecule has 2 aromatic rings. The highest BCUT2D eigenvalue weighted by Crippen LogP contribution is 2.33. The fraction of sp³-hybridized carbons (Fsp3) is 0.364. The minimum Gasteiger partial charge on any atom is -0.369 e. The Morgan fingerprint density at radius 2 is 1.68 bits per heavy atom. The third kappa shape index (κ3) is 4.27. The van der Waals surface area contributed by atoms with Crippen LogP contribution >= 0.6 is 11.6 Å². The van der Waals surface area contributed by atoms with Crippen molar-refractivity contribution in [2.45, 2.75) is 30.6 Å². The monoisotopic (exact) mass is 461 g/mol. The van der Waals surface area contributed by atoms with Gasteiger partial charge in [-0.25, -0.2) is 8.42 Å². The quantitative estimate of drug-likeness (QED) is 0.756. The number of sulfonamides is 1. The molecule has 0 bridgehead atoms. The fourth-order valence-corrected chi connectivity index (χ4v) is 5.90. The van der Waals surface area contributed by atoms with E-state index in [-0.39, 0.29) is 22.6 Å². The van der Waals surface area contributed by atoms with Crippen molar-refractivity contribution in [2.24, 2.45) is 11.7 Å². The van der Waals surface area contributed by atoms with Gasteiger partial charge in [0.05, 0.1) is 10.6 Å². The average Bonchev–Trinajstić information content (AvgIpc) is 2.78. The van der Waals surface area contributed by atoms with Gasteiger partial charge < -0.3 is 10.6 Å². The van der Waals surface area contributed by atoms with Crippen LogP contribution in [0.25, 0.3) is 0 Å². The van der Waals surface area contributed by atoms with Gasteiger partial charge in [-0.1, -0.05) is 11.6 Å². The van der Waals surface area contributed by atoms with Gasteiger partial charge in [0, 0.05) is 36.1 Å². The summed E-state index contributed by atoms with van der Waals surface area (Å²) in [7, 11) is -3.72. The van der Waals surface area contributed by atoms with Crippen LogP contribution in [0.3, 0.4) is 0 Å². The number of carbonyl (C=O) groups excluding carboxylic acids is 2. The second-order valence-corrected chi connectivity index (χ2v) is 10.2. The molecule has 164 valence electrons. The summed E-state index contributed by atoms with van der Waals surface area (Å²) >= 11 is 5.90. The molecule has 7 nitrogen and oxygen atoms in total. The molecule has 2 heterocycles. The van der Waals surface area contributed by atoms with Crippen LogP contribution in [0.1, 0.15) is 35.2 Å². The van der Waals surface area contributed by atoms with Gasteiger partial charge in [-0.3, -0.25) is 13.9 Å². The lowest BCUT2D eigenvalue weighted by atomic mass is 9.95. The molecule has 0 aliphatic carbocycles. The van der Waals surface area contributed by atoms with E-state index in [9.17, 15) is 18.0 Å². The molecule has 2 aliphatic rings. The minimum atomic E-state index is -3.72. The Kier molecular flexibility index (Phi) is 5.94. The molecule has 4 rings (SSSR count). The highest BCUT2D eigenvalue weighted by molar-refractivity contribution is 7.92. The second kappa shape index (κ2) is 8.51. The van der Waals surface area contributed by atoms with Crippen LogP contribution in [0.4, 0.5) is 5.69 Å². The Morgan fingerprint density at radius 3 is 2.32 bits per heavy atom. The van der Waals surface area contributed by atoms with Crippen molar-refractivity contribution in [3.8, 4) is 0 Å². The van der Waals surface area contributed by atoms with Crippen molar-refractivity contribution in [1.82, 2.24) is 4.90 Å². The predicted molar refractivity (Wildman–Crippen MR) is 119 cm³/mol. The number of piperidine rings is 1. The van der Waals surface area contributed by atoms with E-state index in [1.165, 1.54) is 16.4 Å². The molecule has 31 heavy (non-hydrogen) atoms. The maximum absolute atomic E-state index is 13.2. The maximum Gasteiger partial charge on any atom is 0.264 e. The van der Waals surface area contributed by atoms with E-state index in [1.807, 2.05) is 0 Å². The Balaban J connectivity index is 1.57. The summed E-state index contributed by atoms with van der Waals surface area (Å²) in [4.78, 5) is 26.2. The number of primary amides is 1. The first-order valence-corrected chi connectivity index (χ1v) is 12.1. The van der Waals surface area contributed by atoms with Crippen LogP contribution in [0.5, 0.6) is 0 Å². The Hall–Kier alpha value is -2.58. The van der Waals surface area contributed by atoms with E-state index in [4.69, 9.17) is 17.3 Å². The van der Waals surface area contributed by atoms with Gasteiger partial charge >= 0.3 is 0 Å². The number of rotatable bonds is 4. The maximum atomic E-state index is 13.2. The summed E-state index contributed by atoms with van der Waals surface area (Å²) in [5.74, 6) is -0.606. The molecule has 2 N–H and O–H groups in total. The number of likely N-dealkylation sites (tertiary alicyclic amines) is 1. The van der Waals surface area contributed by atoms with Gasteiger partial charge in [-0.05, 0) is 73.7 Å². The van der Waals surface area contributed by atoms with Gasteiger partial charge in [-0.2, -0.15) is 0 Å². The zero-order valence-electron chi connectivity index (χ0n) is 17.0. The van der Waals surface area contributed by atoms with Crippen molar-refractivity contribution >= 4 is 39.1 Å². The van der Waals surface area contributed by atoms with Crippen LogP contribution in [0, 0.1) is 5.92 Å². The molecular weight excluding hydrogens is 438 g/mol. The van der Waals surface area contributed by atoms with E-state index in [2.05, 4.69) is 0 Å². The smallest absolute Gasteiger partial charge is 0.264 e. The van der Waals surface area contributed by atoms with Crippen molar-refractivity contribution in [1.29, 1.82) is 0 Å². The normalized spacial score (nSPS) is 17.3. The van der Waals surface area contributed by atoms with Crippen molar-refractivity contribution in [3.63, 3.8) is 0 Å². The fourth-order valence-electron chi connectivity index (χ4n) is 4.23. The number of amides is 2. The molecule has 2 aromatic carbocycles. The predicted octanol–water partition coefficient (Wildman–Crippen LogP) is 2.82. The zero-order chi connectivity index (χ0) is 22.2. The molecule has 0 spiro atoms. The van der Waals surface area contributed by atoms with Gasteiger partial charge in [0.15, 0.2) is 0 Å². The van der Waals surface area contributed by atoms with Gasteiger partial charge in [0.1, 0.15) is 0 Å². The first-order valence-electron chi connectivity index (χ1n) is 10.3. The van der Waals surface area contributed by atoms with Crippen LogP contribution in [-0.2, 0) is 21.2 Å². The third-order valence-corrected chi connectivity index (χ3v) is 8.07. The average molecular weight is 462 g/mol. The second-order valence-electron chi connectivity index (χ2n) is 7.95. The minimum absolute atomic E-state index is 0.108. The molecule has 9 heteroatoms. The number of nitrogens with zero attached hydrogens (tertiary/aromatic N) is 2. The van der Waals surface area contributed by atoms with E-state index >= 15 is 0 Å². The first kappa shape index (κ1) is 21.6. The van der Waals surface area contributed by atoms with Crippen molar-refractivity contribution in [3.05, 3.63) is 58.6 Å². The van der Waals surface area contributed by atoms with Crippen LogP contribution in [0.2, 0.25) is 5.02 Å². The van der Waals surface area contributed by atoms with Gasteiger partial charge in [-0.15, -0.1) is 0 Å². The lowest BCUT2D eigenvalue weighted by Gasteiger charge is -2.32. The van der Waals surface area contributed by atoms with E-state index in [1.54, 1.807) is 35.2 Å². The number of hydrogen-bond acceptors (Lipinski definition) is 4. The number of benzene rings is 2. The zero-order valence-corrected chi connectivity index (χ0v) is 18.5. The highest BCUT2D eigenvalue weighted by atomic mass is 35.5. The summed E-state index contributed by atoms with van der Waals surface area (Å²) in [6, 6.07) is 11.3. The molecule has 2 aliphatic heterocycles. The Bertz CT molecular complexity index is 1110. The Labute approximate surface area is 186 Å². The first-order chi connectivity index (χ1) is 14.8. The molecule has 2 amide bonds. The standard InChI is InChI=1S/C22H24ClN3O4S/c23-18-4-6-19(7-5-18)31(29,30)26-11-1-2-16-14-17(3-8-20(16)26)22(28)25-12-9-15(10-13-25)21(24)27/h3-8,14-15H,1-2,9-13H2,(H2,24,27). The molecule has 0 saturated carbocycles. The number of halogens is 1. The summed E-state index contributed by atoms with van der Waals surface area (Å²) in [6.07, 6.45) is 2.51. The van der Waals surface area contributed by atoms with Gasteiger partial charge in [0.2, 0.25) is 5.91 Å². The van der Waals surface area contributed by atoms with Crippen molar-refractivity contribution < 1.29 is 18.0 Å². The molecule has 0 atom stereocenters. The number of hydrogen-bond donors (Lipinski definition) is 1. The number of aryl methyl sites for hydroxylation is 1. The summed E-state index contributed by atoms with van der Waals surface area (Å²) < 4.78 is 27.8. The van der Waals surface area contributed by atoms with Crippen LogP contribution < -0.4 is 10.0 Å². The SMILES string of the molecule is NC(=O)C1CCN(C(=O)c2ccc3c(c2)CCCN3S(=O)(=O)c2ccc(Cl)cc2)CC1. The molecular formula is C22H24ClN3O4S.